The molecule has 0 radical (unpaired) electrons. The van der Waals surface area contributed by atoms with Crippen LogP contribution in [-0.4, -0.2) is 74.0 Å². The van der Waals surface area contributed by atoms with Crippen LogP contribution in [0.25, 0.3) is 5.52 Å². The van der Waals surface area contributed by atoms with Crippen LogP contribution in [0, 0.1) is 0 Å². The maximum Gasteiger partial charge on any atom is 0.352 e. The molecule has 0 bridgehead atoms. The number of thiazole rings is 1. The fourth-order valence-corrected chi connectivity index (χ4v) is 6.08. The monoisotopic (exact) mass is 546 g/mol. The van der Waals surface area contributed by atoms with Gasteiger partial charge >= 0.3 is 5.97 Å². The Morgan fingerprint density at radius 3 is 3.00 bits per heavy atom. The molecule has 3 aromatic rings. The number of carbonyl (C=O) groups is 3. The van der Waals surface area contributed by atoms with Gasteiger partial charge in [-0.3, -0.25) is 14.5 Å². The molecule has 2 aliphatic heterocycles. The third-order valence-electron chi connectivity index (χ3n) is 5.81. The van der Waals surface area contributed by atoms with Crippen molar-refractivity contribution in [2.75, 3.05) is 24.8 Å². The maximum absolute atomic E-state index is 13.1. The molecule has 2 amide bonds. The van der Waals surface area contributed by atoms with Crippen LogP contribution in [0.3, 0.4) is 0 Å². The molecule has 0 unspecified atom stereocenters. The average Bonchev–Trinajstić information content (AvgIpc) is 3.50. The molecule has 5 N–H and O–H groups in total. The molecule has 5 heterocycles. The molecule has 5 rings (SSSR count). The predicted molar refractivity (Wildman–Crippen MR) is 132 cm³/mol. The highest BCUT2D eigenvalue weighted by Crippen LogP contribution is 2.41. The van der Waals surface area contributed by atoms with Crippen molar-refractivity contribution < 1.29 is 33.2 Å². The van der Waals surface area contributed by atoms with E-state index in [2.05, 4.69) is 20.6 Å². The van der Waals surface area contributed by atoms with Crippen LogP contribution in [0.2, 0.25) is 0 Å². The summed E-state index contributed by atoms with van der Waals surface area (Å²) >= 11 is 2.43. The lowest BCUT2D eigenvalue weighted by molar-refractivity contribution is -0.576. The highest BCUT2D eigenvalue weighted by molar-refractivity contribution is 8.00. The Morgan fingerprint density at radius 1 is 1.43 bits per heavy atom. The number of pyridine rings is 1. The zero-order chi connectivity index (χ0) is 26.1. The second kappa shape index (κ2) is 10.2. The van der Waals surface area contributed by atoms with Gasteiger partial charge in [-0.2, -0.15) is 5.10 Å². The van der Waals surface area contributed by atoms with E-state index < -0.39 is 35.9 Å². The molecule has 0 aromatic carbocycles. The molecule has 37 heavy (non-hydrogen) atoms. The number of carboxylic acids is 1. The number of carboxylic acid groups (broad SMARTS) is 1. The van der Waals surface area contributed by atoms with Crippen molar-refractivity contribution in [3.8, 4) is 0 Å². The van der Waals surface area contributed by atoms with Gasteiger partial charge in [-0.05, 0) is 11.6 Å². The van der Waals surface area contributed by atoms with E-state index in [1.165, 1.54) is 22.0 Å². The number of fused-ring (bicyclic) bond motifs is 2. The fourth-order valence-electron chi connectivity index (χ4n) is 4.18. The first kappa shape index (κ1) is 24.7. The van der Waals surface area contributed by atoms with Crippen molar-refractivity contribution in [2.45, 2.75) is 17.8 Å². The summed E-state index contributed by atoms with van der Waals surface area (Å²) in [5, 5.41) is 20.4. The molecule has 2 aliphatic rings. The molecular weight excluding hydrogens is 525 g/mol. The van der Waals surface area contributed by atoms with Crippen LogP contribution < -0.4 is 15.6 Å². The van der Waals surface area contributed by atoms with Crippen molar-refractivity contribution in [1.82, 2.24) is 20.3 Å². The van der Waals surface area contributed by atoms with Gasteiger partial charge in [0.15, 0.2) is 17.0 Å². The zero-order valence-corrected chi connectivity index (χ0v) is 20.7. The number of nitrogens with zero attached hydrogens (tertiary/aromatic N) is 4. The van der Waals surface area contributed by atoms with E-state index in [1.807, 2.05) is 28.9 Å². The molecule has 3 aromatic heterocycles. The number of amides is 2. The van der Waals surface area contributed by atoms with Gasteiger partial charge in [0.05, 0.1) is 11.8 Å². The quantitative estimate of drug-likeness (QED) is 0.0988. The number of nitrogen functional groups attached to an aromatic ring is 1. The van der Waals surface area contributed by atoms with Gasteiger partial charge in [-0.15, -0.1) is 23.1 Å². The first-order chi connectivity index (χ1) is 17.9. The third-order valence-corrected chi connectivity index (χ3v) is 7.82. The van der Waals surface area contributed by atoms with E-state index in [4.69, 9.17) is 10.6 Å². The molecule has 192 valence electrons. The summed E-state index contributed by atoms with van der Waals surface area (Å²) in [7, 11) is 0. The van der Waals surface area contributed by atoms with Crippen molar-refractivity contribution in [3.63, 3.8) is 0 Å². The second-order valence-electron chi connectivity index (χ2n) is 8.08. The number of halogens is 1. The largest absolute Gasteiger partial charge is 0.477 e. The van der Waals surface area contributed by atoms with Crippen molar-refractivity contribution >= 4 is 57.2 Å². The first-order valence-electron chi connectivity index (χ1n) is 11.0. The predicted octanol–water partition coefficient (Wildman–Crippen LogP) is 0.464. The number of rotatable bonds is 9. The second-order valence-corrected chi connectivity index (χ2v) is 10.1. The molecule has 0 spiro atoms. The van der Waals surface area contributed by atoms with Crippen LogP contribution in [0.5, 0.6) is 0 Å². The van der Waals surface area contributed by atoms with E-state index >= 15 is 0 Å². The molecular formula is C22H21FN7O5S2+. The van der Waals surface area contributed by atoms with Crippen molar-refractivity contribution in [2.24, 2.45) is 5.16 Å². The summed E-state index contributed by atoms with van der Waals surface area (Å²) in [5.41, 5.74) is 7.80. The molecule has 0 aliphatic carbocycles. The van der Waals surface area contributed by atoms with E-state index in [-0.39, 0.29) is 28.8 Å². The average molecular weight is 547 g/mol. The SMILES string of the molecule is Nc1nc(/C(=N/OCCF)C(=O)N[C@@H]2C(=O)N3C(C(=O)O)=C(Cc4c[nH][n+]5ccccc45)CS[C@@H]23)cs1. The standard InChI is InChI=1S/C22H20FN7O5S2/c23-4-6-35-28-15(13-10-37-22(24)26-13)18(31)27-16-19(32)30-17(21(33)34)12(9-36-20(16)30)7-11-8-25-29-5-2-1-3-14(11)29/h1-3,5,8,10,16,20H,4,6-7,9H2,(H4,24,26,27,31,33,34)/p+1/b28-15-/t16-,20+/m1/s1. The smallest absolute Gasteiger partial charge is 0.352 e. The van der Waals surface area contributed by atoms with Crippen LogP contribution in [-0.2, 0) is 25.6 Å². The Bertz CT molecular complexity index is 1450. The Morgan fingerprint density at radius 2 is 2.27 bits per heavy atom. The lowest BCUT2D eigenvalue weighted by Crippen LogP contribution is -2.71. The summed E-state index contributed by atoms with van der Waals surface area (Å²) in [4.78, 5) is 48.3. The normalized spacial score (nSPS) is 19.5. The lowest BCUT2D eigenvalue weighted by atomic mass is 9.99. The van der Waals surface area contributed by atoms with E-state index in [0.717, 1.165) is 22.4 Å². The van der Waals surface area contributed by atoms with Gasteiger partial charge in [-0.1, -0.05) is 9.67 Å². The number of aliphatic carboxylic acids is 1. The fraction of sp³-hybridized carbons (Fsp3) is 0.273. The van der Waals surface area contributed by atoms with E-state index in [1.54, 1.807) is 6.20 Å². The minimum absolute atomic E-state index is 0.0815. The highest BCUT2D eigenvalue weighted by atomic mass is 32.2. The molecule has 1 saturated heterocycles. The number of aromatic amines is 1. The Hall–Kier alpha value is -3.98. The highest BCUT2D eigenvalue weighted by Gasteiger charge is 2.54. The van der Waals surface area contributed by atoms with Gasteiger partial charge in [0.2, 0.25) is 5.52 Å². The van der Waals surface area contributed by atoms with E-state index in [0.29, 0.717) is 17.7 Å². The van der Waals surface area contributed by atoms with Gasteiger partial charge in [0.25, 0.3) is 11.8 Å². The molecule has 1 fully saturated rings. The lowest BCUT2D eigenvalue weighted by Gasteiger charge is -2.49. The molecule has 12 nitrogen and oxygen atoms in total. The van der Waals surface area contributed by atoms with Crippen LogP contribution >= 0.6 is 23.1 Å². The van der Waals surface area contributed by atoms with Crippen LogP contribution in [0.15, 0.2) is 52.4 Å². The number of nitrogens with two attached hydrogens (primary N) is 1. The van der Waals surface area contributed by atoms with Crippen molar-refractivity contribution in [1.29, 1.82) is 0 Å². The number of alkyl halides is 1. The number of thioether (sulfide) groups is 1. The topological polar surface area (TPSA) is 167 Å². The summed E-state index contributed by atoms with van der Waals surface area (Å²) in [6, 6.07) is 4.69. The maximum atomic E-state index is 13.1. The third kappa shape index (κ3) is 4.62. The number of carbonyl (C=O) groups excluding carboxylic acids is 2. The van der Waals surface area contributed by atoms with E-state index in [9.17, 15) is 23.9 Å². The number of H-pyrrole nitrogens is 1. The summed E-state index contributed by atoms with van der Waals surface area (Å²) < 4.78 is 14.3. The van der Waals surface area contributed by atoms with Crippen LogP contribution in [0.1, 0.15) is 11.3 Å². The minimum Gasteiger partial charge on any atom is -0.477 e. The molecule has 15 heteroatoms. The first-order valence-corrected chi connectivity index (χ1v) is 13.0. The number of hydrogen-bond acceptors (Lipinski definition) is 9. The van der Waals surface area contributed by atoms with Gasteiger partial charge in [-0.25, -0.2) is 14.2 Å². The summed E-state index contributed by atoms with van der Waals surface area (Å²) in [5.74, 6) is -2.19. The zero-order valence-electron chi connectivity index (χ0n) is 19.1. The number of hydrogen-bond donors (Lipinski definition) is 4. The van der Waals surface area contributed by atoms with Crippen molar-refractivity contribution in [3.05, 3.63) is 58.5 Å². The number of oxime groups is 1. The minimum atomic E-state index is -1.22. The Balaban J connectivity index is 1.36. The van der Waals surface area contributed by atoms with Gasteiger partial charge in [0.1, 0.15) is 36.1 Å². The number of β-lactam (4-membered cyclic amide) rings is 1. The summed E-state index contributed by atoms with van der Waals surface area (Å²) in [6.45, 7) is -1.17. The number of anilines is 1. The summed E-state index contributed by atoms with van der Waals surface area (Å²) in [6.07, 6.45) is 3.99. The molecule has 2 atom stereocenters. The Kier molecular flexibility index (Phi) is 6.80. The van der Waals surface area contributed by atoms with Gasteiger partial charge in [0, 0.05) is 29.7 Å². The number of nitrogens with one attached hydrogen (secondary N) is 2. The number of aromatic nitrogens is 3. The van der Waals surface area contributed by atoms with Gasteiger partial charge < -0.3 is 21.0 Å². The Labute approximate surface area is 217 Å². The molecule has 0 saturated carbocycles. The van der Waals surface area contributed by atoms with Crippen LogP contribution in [0.4, 0.5) is 9.52 Å².